The molecule has 1 aliphatic carbocycles. The topological polar surface area (TPSA) is 147 Å². The summed E-state index contributed by atoms with van der Waals surface area (Å²) in [7, 11) is 2.54. The van der Waals surface area contributed by atoms with Gasteiger partial charge in [0.15, 0.2) is 6.29 Å². The molecule has 10 heteroatoms. The van der Waals surface area contributed by atoms with Crippen LogP contribution in [0, 0.1) is 5.92 Å². The Labute approximate surface area is 157 Å². The lowest BCUT2D eigenvalue weighted by molar-refractivity contribution is -0.289. The van der Waals surface area contributed by atoms with Crippen LogP contribution in [0.2, 0.25) is 0 Å². The second-order valence-corrected chi connectivity index (χ2v) is 6.73. The number of carbonyl (C=O) groups is 2. The van der Waals surface area contributed by atoms with Crippen LogP contribution in [0.1, 0.15) is 25.7 Å². The Hall–Kier alpha value is -1.30. The van der Waals surface area contributed by atoms with E-state index in [1.807, 2.05) is 0 Å². The van der Waals surface area contributed by atoms with Gasteiger partial charge in [-0.05, 0) is 12.8 Å². The van der Waals surface area contributed by atoms with Gasteiger partial charge < -0.3 is 39.6 Å². The van der Waals surface area contributed by atoms with Crippen LogP contribution in [0.5, 0.6) is 0 Å². The molecule has 0 bridgehead atoms. The van der Waals surface area contributed by atoms with Crippen LogP contribution in [0.3, 0.4) is 0 Å². The minimum Gasteiger partial charge on any atom is -0.469 e. The maximum atomic E-state index is 12.0. The Morgan fingerprint density at radius 3 is 2.52 bits per heavy atom. The number of methoxy groups -OCH3 is 2. The zero-order valence-electron chi connectivity index (χ0n) is 15.6. The fourth-order valence-corrected chi connectivity index (χ4v) is 3.50. The Balaban J connectivity index is 2.09. The quantitative estimate of drug-likeness (QED) is 0.447. The maximum absolute atomic E-state index is 12.0. The number of hydrogen-bond acceptors (Lipinski definition) is 10. The van der Waals surface area contributed by atoms with Crippen molar-refractivity contribution in [2.45, 2.75) is 62.4 Å². The van der Waals surface area contributed by atoms with Gasteiger partial charge in [-0.25, -0.2) is 4.79 Å². The van der Waals surface area contributed by atoms with Gasteiger partial charge >= 0.3 is 11.9 Å². The van der Waals surface area contributed by atoms with Crippen LogP contribution in [0.25, 0.3) is 0 Å². The van der Waals surface area contributed by atoms with Crippen molar-refractivity contribution in [1.82, 2.24) is 0 Å². The van der Waals surface area contributed by atoms with Gasteiger partial charge in [-0.3, -0.25) is 4.79 Å². The number of ether oxygens (including phenoxy) is 5. The highest BCUT2D eigenvalue weighted by Crippen LogP contribution is 2.32. The highest BCUT2D eigenvalue weighted by molar-refractivity contribution is 5.73. The fourth-order valence-electron chi connectivity index (χ4n) is 3.50. The molecule has 0 aromatic heterocycles. The minimum atomic E-state index is -1.25. The number of nitrogens with two attached hydrogens (primary N) is 1. The summed E-state index contributed by atoms with van der Waals surface area (Å²) >= 11 is 0. The van der Waals surface area contributed by atoms with Gasteiger partial charge in [0.25, 0.3) is 0 Å². The molecule has 0 radical (unpaired) electrons. The third-order valence-corrected chi connectivity index (χ3v) is 5.04. The van der Waals surface area contributed by atoms with E-state index in [2.05, 4.69) is 4.74 Å². The minimum absolute atomic E-state index is 0.360. The fraction of sp³-hybridized carbons (Fsp3) is 0.882. The Morgan fingerprint density at radius 1 is 1.19 bits per heavy atom. The summed E-state index contributed by atoms with van der Waals surface area (Å²) in [6, 6.07) is -0.937. The van der Waals surface area contributed by atoms with Gasteiger partial charge in [0, 0.05) is 0 Å². The first-order valence-corrected chi connectivity index (χ1v) is 9.04. The van der Waals surface area contributed by atoms with E-state index in [0.717, 1.165) is 12.8 Å². The molecule has 2 fully saturated rings. The summed E-state index contributed by atoms with van der Waals surface area (Å²) in [6.45, 7) is -0.901. The molecule has 0 aromatic rings. The van der Waals surface area contributed by atoms with Crippen molar-refractivity contribution in [3.05, 3.63) is 0 Å². The number of aliphatic hydroxyl groups is 2. The molecule has 156 valence electrons. The van der Waals surface area contributed by atoms with Crippen LogP contribution < -0.4 is 5.73 Å². The van der Waals surface area contributed by atoms with E-state index in [1.165, 1.54) is 14.2 Å². The van der Waals surface area contributed by atoms with Crippen LogP contribution in [0.4, 0.5) is 0 Å². The first kappa shape index (κ1) is 22.0. The van der Waals surface area contributed by atoms with E-state index in [4.69, 9.17) is 24.7 Å². The van der Waals surface area contributed by atoms with Crippen molar-refractivity contribution in [2.75, 3.05) is 27.4 Å². The summed E-state index contributed by atoms with van der Waals surface area (Å²) in [5.41, 5.74) is 6.14. The summed E-state index contributed by atoms with van der Waals surface area (Å²) in [6.07, 6.45) is -1.72. The number of rotatable bonds is 7. The van der Waals surface area contributed by atoms with Crippen LogP contribution in [-0.2, 0) is 33.3 Å². The molecule has 7 atom stereocenters. The molecule has 0 amide bonds. The predicted molar refractivity (Wildman–Crippen MR) is 90.3 cm³/mol. The number of aliphatic hydroxyl groups excluding tert-OH is 2. The molecule has 0 spiro atoms. The lowest BCUT2D eigenvalue weighted by Crippen LogP contribution is -2.64. The molecule has 2 rings (SSSR count). The zero-order chi connectivity index (χ0) is 20.0. The first-order valence-electron chi connectivity index (χ1n) is 9.04. The van der Waals surface area contributed by atoms with Crippen molar-refractivity contribution in [3.8, 4) is 0 Å². The van der Waals surface area contributed by atoms with Gasteiger partial charge in [0.1, 0.15) is 24.9 Å². The molecule has 1 saturated carbocycles. The number of carbonyl (C=O) groups excluding carboxylic acids is 2. The molecule has 1 heterocycles. The molecule has 2 unspecified atom stereocenters. The van der Waals surface area contributed by atoms with E-state index in [-0.39, 0.29) is 5.97 Å². The molecule has 2 aliphatic rings. The average molecular weight is 391 g/mol. The van der Waals surface area contributed by atoms with Crippen LogP contribution in [0.15, 0.2) is 0 Å². The monoisotopic (exact) mass is 391 g/mol. The highest BCUT2D eigenvalue weighted by atomic mass is 16.7. The van der Waals surface area contributed by atoms with Crippen molar-refractivity contribution in [1.29, 1.82) is 0 Å². The summed E-state index contributed by atoms with van der Waals surface area (Å²) < 4.78 is 26.3. The summed E-state index contributed by atoms with van der Waals surface area (Å²) in [5, 5.41) is 19.8. The zero-order valence-corrected chi connectivity index (χ0v) is 15.6. The van der Waals surface area contributed by atoms with Crippen molar-refractivity contribution in [3.63, 3.8) is 0 Å². The lowest BCUT2D eigenvalue weighted by Gasteiger charge is -2.44. The van der Waals surface area contributed by atoms with E-state index < -0.39 is 61.8 Å². The molecule has 10 nitrogen and oxygen atoms in total. The third kappa shape index (κ3) is 5.37. The Kier molecular flexibility index (Phi) is 8.39. The van der Waals surface area contributed by atoms with Gasteiger partial charge in [-0.2, -0.15) is 0 Å². The smallest absolute Gasteiger partial charge is 0.331 e. The second-order valence-electron chi connectivity index (χ2n) is 6.73. The summed E-state index contributed by atoms with van der Waals surface area (Å²) in [4.78, 5) is 23.4. The van der Waals surface area contributed by atoms with Crippen molar-refractivity contribution >= 4 is 11.9 Å². The van der Waals surface area contributed by atoms with Crippen molar-refractivity contribution in [2.24, 2.45) is 11.7 Å². The predicted octanol–water partition coefficient (Wildman–Crippen LogP) is -1.30. The van der Waals surface area contributed by atoms with E-state index in [9.17, 15) is 19.8 Å². The maximum Gasteiger partial charge on any atom is 0.331 e. The van der Waals surface area contributed by atoms with Gasteiger partial charge in [0.05, 0.1) is 38.9 Å². The molecule has 1 aliphatic heterocycles. The van der Waals surface area contributed by atoms with E-state index in [0.29, 0.717) is 12.8 Å². The molecule has 1 saturated heterocycles. The molecular weight excluding hydrogens is 362 g/mol. The van der Waals surface area contributed by atoms with Gasteiger partial charge in [0.2, 0.25) is 0 Å². The average Bonchev–Trinajstić information content (AvgIpc) is 2.69. The number of esters is 2. The normalized spacial score (nSPS) is 36.9. The lowest BCUT2D eigenvalue weighted by atomic mass is 9.86. The second kappa shape index (κ2) is 10.3. The SMILES string of the molecule is COC(=O)CO[C@@H]1C(N)[C@H](O[C@H]2CCCC[C@@H]2C(=O)OC)OC(CO)[C@H]1O. The van der Waals surface area contributed by atoms with E-state index >= 15 is 0 Å². The highest BCUT2D eigenvalue weighted by Gasteiger charge is 2.47. The molecule has 27 heavy (non-hydrogen) atoms. The largest absolute Gasteiger partial charge is 0.469 e. The van der Waals surface area contributed by atoms with Crippen molar-refractivity contribution < 1.29 is 43.5 Å². The van der Waals surface area contributed by atoms with Crippen LogP contribution >= 0.6 is 0 Å². The molecule has 0 aromatic carbocycles. The molecular formula is C17H29NO9. The third-order valence-electron chi connectivity index (χ3n) is 5.04. The van der Waals surface area contributed by atoms with Gasteiger partial charge in [-0.15, -0.1) is 0 Å². The van der Waals surface area contributed by atoms with Crippen LogP contribution in [-0.4, -0.2) is 86.3 Å². The standard InChI is InChI=1S/C17H29NO9/c1-23-12(20)8-25-15-13(18)17(27-11(7-19)14(15)21)26-10-6-4-3-5-9(10)16(22)24-2/h9-11,13-15,17,19,21H,3-8,18H2,1-2H3/t9-,10-,11?,13?,14+,15+,17+/m0/s1. The first-order chi connectivity index (χ1) is 12.9. The Morgan fingerprint density at radius 2 is 1.89 bits per heavy atom. The van der Waals surface area contributed by atoms with E-state index in [1.54, 1.807) is 0 Å². The molecule has 4 N–H and O–H groups in total. The summed E-state index contributed by atoms with van der Waals surface area (Å²) in [5.74, 6) is -1.42. The Bertz CT molecular complexity index is 503. The number of hydrogen-bond donors (Lipinski definition) is 3. The van der Waals surface area contributed by atoms with Gasteiger partial charge in [-0.1, -0.05) is 12.8 Å².